The van der Waals surface area contributed by atoms with Gasteiger partial charge in [-0.05, 0) is 27.2 Å². The van der Waals surface area contributed by atoms with Gasteiger partial charge in [-0.2, -0.15) is 0 Å². The smallest absolute Gasteiger partial charge is 0.274 e. The lowest BCUT2D eigenvalue weighted by Gasteiger charge is -2.26. The summed E-state index contributed by atoms with van der Waals surface area (Å²) in [6.07, 6.45) is 5.63. The van der Waals surface area contributed by atoms with Crippen molar-refractivity contribution in [1.82, 2.24) is 20.2 Å². The second kappa shape index (κ2) is 8.34. The third-order valence-corrected chi connectivity index (χ3v) is 3.27. The third-order valence-electron chi connectivity index (χ3n) is 3.27. The quantitative estimate of drug-likeness (QED) is 0.829. The molecule has 0 radical (unpaired) electrons. The number of nitrogens with one attached hydrogen (secondary N) is 1. The molecule has 1 heterocycles. The second-order valence-electron chi connectivity index (χ2n) is 5.31. The van der Waals surface area contributed by atoms with Crippen LogP contribution in [0.4, 0.5) is 0 Å². The van der Waals surface area contributed by atoms with Gasteiger partial charge in [0.05, 0.1) is 6.20 Å². The molecule has 0 saturated carbocycles. The van der Waals surface area contributed by atoms with E-state index in [1.165, 1.54) is 18.6 Å². The first-order valence-corrected chi connectivity index (χ1v) is 7.32. The normalized spacial score (nSPS) is 12.0. The highest BCUT2D eigenvalue weighted by molar-refractivity contribution is 5.92. The molecule has 0 aromatic carbocycles. The van der Waals surface area contributed by atoms with Gasteiger partial charge in [0.1, 0.15) is 5.69 Å². The molecule has 0 saturated heterocycles. The van der Waals surface area contributed by atoms with Crippen LogP contribution in [0.25, 0.3) is 0 Å². The first-order chi connectivity index (χ1) is 9.95. The fourth-order valence-corrected chi connectivity index (χ4v) is 1.82. The Morgan fingerprint density at radius 3 is 2.52 bits per heavy atom. The number of amides is 2. The van der Waals surface area contributed by atoms with Gasteiger partial charge < -0.3 is 10.2 Å². The Balaban J connectivity index is 2.63. The van der Waals surface area contributed by atoms with Crippen molar-refractivity contribution in [3.63, 3.8) is 0 Å². The van der Waals surface area contributed by atoms with Crippen LogP contribution in [0.2, 0.25) is 0 Å². The first kappa shape index (κ1) is 17.1. The molecule has 0 aliphatic rings. The molecule has 1 N–H and O–H groups in total. The van der Waals surface area contributed by atoms with Gasteiger partial charge in [0, 0.05) is 37.4 Å². The molecule has 0 bridgehead atoms. The maximum Gasteiger partial charge on any atom is 0.274 e. The van der Waals surface area contributed by atoms with Crippen LogP contribution in [-0.4, -0.2) is 45.3 Å². The van der Waals surface area contributed by atoms with E-state index in [-0.39, 0.29) is 30.3 Å². The molecular formula is C15H24N4O2. The lowest BCUT2D eigenvalue weighted by atomic mass is 10.2. The Labute approximate surface area is 126 Å². The largest absolute Gasteiger partial charge is 0.354 e. The lowest BCUT2D eigenvalue weighted by Crippen LogP contribution is -2.41. The summed E-state index contributed by atoms with van der Waals surface area (Å²) in [4.78, 5) is 33.7. The minimum Gasteiger partial charge on any atom is -0.354 e. The summed E-state index contributed by atoms with van der Waals surface area (Å²) < 4.78 is 0. The van der Waals surface area contributed by atoms with Crippen molar-refractivity contribution in [2.45, 2.75) is 52.6 Å². The Morgan fingerprint density at radius 1 is 1.29 bits per heavy atom. The van der Waals surface area contributed by atoms with E-state index >= 15 is 0 Å². The van der Waals surface area contributed by atoms with Crippen molar-refractivity contribution in [2.75, 3.05) is 6.54 Å². The molecule has 1 aromatic heterocycles. The molecule has 1 atom stereocenters. The maximum atomic E-state index is 12.4. The second-order valence-corrected chi connectivity index (χ2v) is 5.31. The number of carbonyl (C=O) groups is 2. The van der Waals surface area contributed by atoms with E-state index in [1.807, 2.05) is 27.7 Å². The minimum atomic E-state index is -0.200. The molecule has 116 valence electrons. The van der Waals surface area contributed by atoms with Crippen molar-refractivity contribution < 1.29 is 9.59 Å². The maximum absolute atomic E-state index is 12.4. The summed E-state index contributed by atoms with van der Waals surface area (Å²) >= 11 is 0. The topological polar surface area (TPSA) is 75.2 Å². The van der Waals surface area contributed by atoms with Crippen LogP contribution in [0.5, 0.6) is 0 Å². The zero-order chi connectivity index (χ0) is 15.8. The van der Waals surface area contributed by atoms with Crippen molar-refractivity contribution in [3.8, 4) is 0 Å². The van der Waals surface area contributed by atoms with Gasteiger partial charge in [-0.1, -0.05) is 6.92 Å². The van der Waals surface area contributed by atoms with Crippen LogP contribution in [0.1, 0.15) is 51.0 Å². The predicted octanol–water partition coefficient (Wildman–Crippen LogP) is 1.63. The number of hydrogen-bond donors (Lipinski definition) is 1. The average Bonchev–Trinajstić information content (AvgIpc) is 2.47. The van der Waals surface area contributed by atoms with Crippen LogP contribution >= 0.6 is 0 Å². The highest BCUT2D eigenvalue weighted by Gasteiger charge is 2.21. The molecule has 21 heavy (non-hydrogen) atoms. The van der Waals surface area contributed by atoms with Gasteiger partial charge in [0.15, 0.2) is 0 Å². The average molecular weight is 292 g/mol. The molecule has 6 nitrogen and oxygen atoms in total. The van der Waals surface area contributed by atoms with E-state index in [0.717, 1.165) is 6.42 Å². The minimum absolute atomic E-state index is 0.00379. The lowest BCUT2D eigenvalue weighted by molar-refractivity contribution is -0.121. The number of nitrogens with zero attached hydrogens (tertiary/aromatic N) is 3. The summed E-state index contributed by atoms with van der Waals surface area (Å²) in [6, 6.07) is 0.150. The van der Waals surface area contributed by atoms with Gasteiger partial charge in [-0.3, -0.25) is 14.6 Å². The van der Waals surface area contributed by atoms with Gasteiger partial charge >= 0.3 is 0 Å². The molecule has 1 unspecified atom stereocenters. The summed E-state index contributed by atoms with van der Waals surface area (Å²) in [5.41, 5.74) is 0.300. The van der Waals surface area contributed by atoms with E-state index in [9.17, 15) is 9.59 Å². The molecule has 0 spiro atoms. The van der Waals surface area contributed by atoms with E-state index < -0.39 is 0 Å². The first-order valence-electron chi connectivity index (χ1n) is 7.32. The van der Waals surface area contributed by atoms with Crippen LogP contribution in [0.15, 0.2) is 18.6 Å². The Kier molecular flexibility index (Phi) is 6.78. The monoisotopic (exact) mass is 292 g/mol. The molecule has 1 rings (SSSR count). The molecule has 2 amide bonds. The van der Waals surface area contributed by atoms with E-state index in [1.54, 1.807) is 4.90 Å². The van der Waals surface area contributed by atoms with E-state index in [0.29, 0.717) is 12.2 Å². The Hall–Kier alpha value is -1.98. The third kappa shape index (κ3) is 5.49. The van der Waals surface area contributed by atoms with E-state index in [4.69, 9.17) is 0 Å². The van der Waals surface area contributed by atoms with Crippen LogP contribution < -0.4 is 5.32 Å². The molecule has 0 aliphatic carbocycles. The Bertz CT molecular complexity index is 462. The van der Waals surface area contributed by atoms with Crippen LogP contribution in [-0.2, 0) is 4.79 Å². The van der Waals surface area contributed by atoms with Crippen LogP contribution in [0.3, 0.4) is 0 Å². The highest BCUT2D eigenvalue weighted by Crippen LogP contribution is 2.06. The Morgan fingerprint density at radius 2 is 2.00 bits per heavy atom. The number of hydrogen-bond acceptors (Lipinski definition) is 4. The molecule has 0 aliphatic heterocycles. The molecule has 6 heteroatoms. The number of rotatable bonds is 7. The zero-order valence-electron chi connectivity index (χ0n) is 13.2. The van der Waals surface area contributed by atoms with Crippen molar-refractivity contribution in [1.29, 1.82) is 0 Å². The van der Waals surface area contributed by atoms with Crippen molar-refractivity contribution in [3.05, 3.63) is 24.3 Å². The summed E-state index contributed by atoms with van der Waals surface area (Å²) in [7, 11) is 0. The fourth-order valence-electron chi connectivity index (χ4n) is 1.82. The molecular weight excluding hydrogens is 268 g/mol. The number of aromatic nitrogens is 2. The standard InChI is InChI=1S/C15H24N4O2/c1-5-12(4)18-14(20)6-9-19(11(2)3)15(21)13-10-16-7-8-17-13/h7-8,10-12H,5-6,9H2,1-4H3,(H,18,20). The van der Waals surface area contributed by atoms with E-state index in [2.05, 4.69) is 15.3 Å². The highest BCUT2D eigenvalue weighted by atomic mass is 16.2. The van der Waals surface area contributed by atoms with Crippen LogP contribution in [0, 0.1) is 0 Å². The summed E-state index contributed by atoms with van der Waals surface area (Å²) in [6.45, 7) is 8.18. The van der Waals surface area contributed by atoms with Crippen molar-refractivity contribution in [2.24, 2.45) is 0 Å². The van der Waals surface area contributed by atoms with Gasteiger partial charge in [-0.15, -0.1) is 0 Å². The zero-order valence-corrected chi connectivity index (χ0v) is 13.2. The number of carbonyl (C=O) groups excluding carboxylic acids is 2. The van der Waals surface area contributed by atoms with Crippen molar-refractivity contribution >= 4 is 11.8 Å². The molecule has 0 fully saturated rings. The summed E-state index contributed by atoms with van der Waals surface area (Å²) in [5.74, 6) is -0.239. The predicted molar refractivity (Wildman–Crippen MR) is 80.7 cm³/mol. The van der Waals surface area contributed by atoms with Gasteiger partial charge in [0.25, 0.3) is 5.91 Å². The van der Waals surface area contributed by atoms with Gasteiger partial charge in [0.2, 0.25) is 5.91 Å². The SMILES string of the molecule is CCC(C)NC(=O)CCN(C(=O)c1cnccn1)C(C)C. The molecule has 1 aromatic rings. The summed E-state index contributed by atoms with van der Waals surface area (Å²) in [5, 5.41) is 2.90. The van der Waals surface area contributed by atoms with Gasteiger partial charge in [-0.25, -0.2) is 4.98 Å². The fraction of sp³-hybridized carbons (Fsp3) is 0.600.